The summed E-state index contributed by atoms with van der Waals surface area (Å²) in [5.74, 6) is -2.01. The summed E-state index contributed by atoms with van der Waals surface area (Å²) in [6.07, 6.45) is 1.02. The second-order valence-corrected chi connectivity index (χ2v) is 5.32. The molecule has 2 N–H and O–H groups in total. The molecule has 0 spiro atoms. The fourth-order valence-electron chi connectivity index (χ4n) is 1.64. The Morgan fingerprint density at radius 2 is 1.87 bits per heavy atom. The Bertz CT molecular complexity index is 798. The van der Waals surface area contributed by atoms with Crippen LogP contribution in [-0.2, 0) is 4.79 Å². The maximum atomic E-state index is 13.5. The summed E-state index contributed by atoms with van der Waals surface area (Å²) in [6, 6.07) is 11.3. The molecule has 0 unspecified atom stereocenters. The highest BCUT2D eigenvalue weighted by molar-refractivity contribution is 9.10. The fourth-order valence-corrected chi connectivity index (χ4v) is 1.90. The molecule has 2 aromatic rings. The van der Waals surface area contributed by atoms with E-state index < -0.39 is 17.5 Å². The second-order valence-electron chi connectivity index (χ2n) is 4.40. The minimum absolute atomic E-state index is 0.172. The van der Waals surface area contributed by atoms with Crippen LogP contribution in [0.4, 0.5) is 20.2 Å². The van der Waals surface area contributed by atoms with Crippen LogP contribution in [0.2, 0.25) is 0 Å². The van der Waals surface area contributed by atoms with Gasteiger partial charge in [-0.25, -0.2) is 8.78 Å². The van der Waals surface area contributed by atoms with Crippen molar-refractivity contribution in [2.45, 2.75) is 0 Å². The highest BCUT2D eigenvalue weighted by Gasteiger charge is 2.10. The number of amides is 1. The zero-order valence-electron chi connectivity index (χ0n) is 11.6. The summed E-state index contributed by atoms with van der Waals surface area (Å²) >= 11 is 3.27. The standard InChI is InChI=1S/C16H10BrF2N3O/c17-11-1-4-13(5-2-11)22-16(23)10(8-20)9-21-15-7-12(18)3-6-14(15)19/h1-7,9,21H,(H,22,23)/b10-9-. The van der Waals surface area contributed by atoms with E-state index in [0.29, 0.717) is 5.69 Å². The van der Waals surface area contributed by atoms with Crippen LogP contribution >= 0.6 is 15.9 Å². The first-order valence-corrected chi connectivity index (χ1v) is 7.17. The Hall–Kier alpha value is -2.72. The van der Waals surface area contributed by atoms with Gasteiger partial charge < -0.3 is 10.6 Å². The van der Waals surface area contributed by atoms with Crippen molar-refractivity contribution in [1.29, 1.82) is 5.26 Å². The summed E-state index contributed by atoms with van der Waals surface area (Å²) in [6.45, 7) is 0. The summed E-state index contributed by atoms with van der Waals surface area (Å²) < 4.78 is 27.4. The smallest absolute Gasteiger partial charge is 0.267 e. The Labute approximate surface area is 139 Å². The third kappa shape index (κ3) is 4.63. The van der Waals surface area contributed by atoms with Gasteiger partial charge in [0.15, 0.2) is 0 Å². The van der Waals surface area contributed by atoms with Crippen molar-refractivity contribution in [2.75, 3.05) is 10.6 Å². The predicted molar refractivity (Wildman–Crippen MR) is 86.4 cm³/mol. The van der Waals surface area contributed by atoms with Crippen LogP contribution in [0.15, 0.2) is 58.7 Å². The lowest BCUT2D eigenvalue weighted by Crippen LogP contribution is -2.14. The third-order valence-corrected chi connectivity index (χ3v) is 3.30. The SMILES string of the molecule is N#C/C(=C/Nc1cc(F)ccc1F)C(=O)Nc1ccc(Br)cc1. The van der Waals surface area contributed by atoms with Crippen LogP contribution in [0.5, 0.6) is 0 Å². The molecule has 0 aromatic heterocycles. The van der Waals surface area contributed by atoms with Gasteiger partial charge in [-0.05, 0) is 36.4 Å². The lowest BCUT2D eigenvalue weighted by molar-refractivity contribution is -0.112. The normalized spacial score (nSPS) is 10.8. The van der Waals surface area contributed by atoms with Crippen LogP contribution < -0.4 is 10.6 Å². The number of carbonyl (C=O) groups excluding carboxylic acids is 1. The van der Waals surface area contributed by atoms with E-state index in [4.69, 9.17) is 5.26 Å². The molecule has 0 bridgehead atoms. The Morgan fingerprint density at radius 3 is 2.52 bits per heavy atom. The van der Waals surface area contributed by atoms with E-state index in [0.717, 1.165) is 28.9 Å². The molecular weight excluding hydrogens is 368 g/mol. The molecule has 4 nitrogen and oxygen atoms in total. The largest absolute Gasteiger partial charge is 0.358 e. The first-order chi connectivity index (χ1) is 11.0. The highest BCUT2D eigenvalue weighted by Crippen LogP contribution is 2.17. The number of anilines is 2. The van der Waals surface area contributed by atoms with E-state index in [1.807, 2.05) is 0 Å². The molecule has 0 aliphatic rings. The van der Waals surface area contributed by atoms with E-state index in [2.05, 4.69) is 26.6 Å². The molecular formula is C16H10BrF2N3O. The van der Waals surface area contributed by atoms with Crippen LogP contribution in [0, 0.1) is 23.0 Å². The number of carbonyl (C=O) groups is 1. The topological polar surface area (TPSA) is 64.9 Å². The van der Waals surface area contributed by atoms with Gasteiger partial charge in [-0.1, -0.05) is 15.9 Å². The molecule has 2 aromatic carbocycles. The summed E-state index contributed by atoms with van der Waals surface area (Å²) in [4.78, 5) is 12.0. The van der Waals surface area contributed by atoms with Gasteiger partial charge in [-0.2, -0.15) is 5.26 Å². The molecule has 0 saturated carbocycles. The van der Waals surface area contributed by atoms with E-state index in [-0.39, 0.29) is 11.3 Å². The van der Waals surface area contributed by atoms with Gasteiger partial charge in [-0.3, -0.25) is 4.79 Å². The molecule has 1 amide bonds. The fraction of sp³-hybridized carbons (Fsp3) is 0. The monoisotopic (exact) mass is 377 g/mol. The van der Waals surface area contributed by atoms with Crippen LogP contribution in [0.3, 0.4) is 0 Å². The molecule has 0 radical (unpaired) electrons. The van der Waals surface area contributed by atoms with Crippen molar-refractivity contribution in [3.8, 4) is 6.07 Å². The minimum Gasteiger partial charge on any atom is -0.358 e. The third-order valence-electron chi connectivity index (χ3n) is 2.77. The highest BCUT2D eigenvalue weighted by atomic mass is 79.9. The number of nitrogens with zero attached hydrogens (tertiary/aromatic N) is 1. The first kappa shape index (κ1) is 16.6. The van der Waals surface area contributed by atoms with Crippen molar-refractivity contribution in [3.63, 3.8) is 0 Å². The zero-order chi connectivity index (χ0) is 16.8. The zero-order valence-corrected chi connectivity index (χ0v) is 13.2. The van der Waals surface area contributed by atoms with E-state index in [9.17, 15) is 13.6 Å². The quantitative estimate of drug-likeness (QED) is 0.620. The molecule has 0 saturated heterocycles. The minimum atomic E-state index is -0.701. The van der Waals surface area contributed by atoms with Gasteiger partial charge in [-0.15, -0.1) is 0 Å². The maximum absolute atomic E-state index is 13.5. The predicted octanol–water partition coefficient (Wildman–Crippen LogP) is 4.19. The number of rotatable bonds is 4. The van der Waals surface area contributed by atoms with Crippen LogP contribution in [0.25, 0.3) is 0 Å². The maximum Gasteiger partial charge on any atom is 0.267 e. The lowest BCUT2D eigenvalue weighted by Gasteiger charge is -2.06. The number of nitriles is 1. The van der Waals surface area contributed by atoms with Crippen molar-refractivity contribution in [1.82, 2.24) is 0 Å². The van der Waals surface area contributed by atoms with Gasteiger partial charge in [0.2, 0.25) is 0 Å². The molecule has 0 aliphatic carbocycles. The van der Waals surface area contributed by atoms with Crippen molar-refractivity contribution in [3.05, 3.63) is 70.3 Å². The van der Waals surface area contributed by atoms with Crippen molar-refractivity contribution < 1.29 is 13.6 Å². The van der Waals surface area contributed by atoms with Gasteiger partial charge in [0.05, 0.1) is 5.69 Å². The Balaban J connectivity index is 2.12. The van der Waals surface area contributed by atoms with Crippen molar-refractivity contribution >= 4 is 33.2 Å². The Morgan fingerprint density at radius 1 is 1.17 bits per heavy atom. The summed E-state index contributed by atoms with van der Waals surface area (Å²) in [5.41, 5.74) is 0.0436. The molecule has 0 aliphatic heterocycles. The molecule has 0 heterocycles. The van der Waals surface area contributed by atoms with E-state index in [1.54, 1.807) is 30.3 Å². The van der Waals surface area contributed by atoms with E-state index >= 15 is 0 Å². The van der Waals surface area contributed by atoms with Gasteiger partial charge >= 0.3 is 0 Å². The molecule has 0 atom stereocenters. The molecule has 7 heteroatoms. The molecule has 116 valence electrons. The van der Waals surface area contributed by atoms with Gasteiger partial charge in [0.1, 0.15) is 23.3 Å². The van der Waals surface area contributed by atoms with Crippen molar-refractivity contribution in [2.24, 2.45) is 0 Å². The number of benzene rings is 2. The average molecular weight is 378 g/mol. The number of hydrogen-bond acceptors (Lipinski definition) is 3. The first-order valence-electron chi connectivity index (χ1n) is 6.38. The molecule has 0 fully saturated rings. The second kappa shape index (κ2) is 7.51. The van der Waals surface area contributed by atoms with Gasteiger partial charge in [0, 0.05) is 22.4 Å². The summed E-state index contributed by atoms with van der Waals surface area (Å²) in [7, 11) is 0. The number of nitrogens with one attached hydrogen (secondary N) is 2. The molecule has 2 rings (SSSR count). The van der Waals surface area contributed by atoms with Gasteiger partial charge in [0.25, 0.3) is 5.91 Å². The number of halogens is 3. The number of hydrogen-bond donors (Lipinski definition) is 2. The van der Waals surface area contributed by atoms with E-state index in [1.165, 1.54) is 0 Å². The van der Waals surface area contributed by atoms with Crippen LogP contribution in [0.1, 0.15) is 0 Å². The molecule has 23 heavy (non-hydrogen) atoms. The lowest BCUT2D eigenvalue weighted by atomic mass is 10.2. The average Bonchev–Trinajstić information content (AvgIpc) is 2.53. The van der Waals surface area contributed by atoms with Crippen LogP contribution in [-0.4, -0.2) is 5.91 Å². The Kier molecular flexibility index (Phi) is 5.44. The summed E-state index contributed by atoms with van der Waals surface area (Å²) in [5, 5.41) is 14.0.